The molecule has 1 saturated carbocycles. The average molecular weight is 528 g/mol. The van der Waals surface area contributed by atoms with Gasteiger partial charge in [-0.2, -0.15) is 28.6 Å². The molecule has 12 heteroatoms. The molecule has 2 aromatic heterocycles. The third-order valence-corrected chi connectivity index (χ3v) is 6.98. The monoisotopic (exact) mass is 527 g/mol. The Bertz CT molecular complexity index is 1400. The Morgan fingerprint density at radius 2 is 1.87 bits per heavy atom. The summed E-state index contributed by atoms with van der Waals surface area (Å²) < 4.78 is 47.1. The van der Waals surface area contributed by atoms with Gasteiger partial charge in [0.15, 0.2) is 0 Å². The molecule has 1 spiro atoms. The van der Waals surface area contributed by atoms with Crippen LogP contribution in [0.5, 0.6) is 0 Å². The molecule has 5 rings (SSSR count). The number of nitriles is 1. The molecular formula is C26H28F3N7O2. The predicted molar refractivity (Wildman–Crippen MR) is 132 cm³/mol. The van der Waals surface area contributed by atoms with E-state index in [2.05, 4.69) is 16.3 Å². The fraction of sp³-hybridized carbons (Fsp3) is 0.462. The van der Waals surface area contributed by atoms with E-state index in [0.717, 1.165) is 25.0 Å². The van der Waals surface area contributed by atoms with Gasteiger partial charge in [0.05, 0.1) is 24.3 Å². The lowest BCUT2D eigenvalue weighted by atomic mass is 9.61. The van der Waals surface area contributed by atoms with Crippen molar-refractivity contribution in [3.63, 3.8) is 0 Å². The minimum atomic E-state index is -4.39. The van der Waals surface area contributed by atoms with Crippen LogP contribution in [0.15, 0.2) is 36.7 Å². The summed E-state index contributed by atoms with van der Waals surface area (Å²) in [5.41, 5.74) is 6.98. The van der Waals surface area contributed by atoms with Crippen molar-refractivity contribution in [2.75, 3.05) is 18.8 Å². The molecule has 0 bridgehead atoms. The highest BCUT2D eigenvalue weighted by atomic mass is 19.4. The SMILES string of the molecule is CC(C)(C)OC(=O)N1CC2(CC(n3nc(-c4cnn(Cc5ccc(C(F)(F)F)cc5)c4)c(C#N)c3N)C2)C1. The molecule has 1 aliphatic carbocycles. The number of hydrogen-bond donors (Lipinski definition) is 1. The number of aromatic nitrogens is 4. The molecule has 1 amide bonds. The Balaban J connectivity index is 1.25. The Kier molecular flexibility index (Phi) is 5.93. The summed E-state index contributed by atoms with van der Waals surface area (Å²) in [6, 6.07) is 7.05. The third kappa shape index (κ3) is 4.80. The average Bonchev–Trinajstić information content (AvgIpc) is 3.34. The van der Waals surface area contributed by atoms with E-state index in [1.54, 1.807) is 26.7 Å². The van der Waals surface area contributed by atoms with Crippen LogP contribution >= 0.6 is 0 Å². The summed E-state index contributed by atoms with van der Waals surface area (Å²) in [4.78, 5) is 14.0. The van der Waals surface area contributed by atoms with Crippen molar-refractivity contribution >= 4 is 11.9 Å². The van der Waals surface area contributed by atoms with Crippen molar-refractivity contribution in [1.29, 1.82) is 5.26 Å². The topological polar surface area (TPSA) is 115 Å². The molecule has 2 N–H and O–H groups in total. The summed E-state index contributed by atoms with van der Waals surface area (Å²) in [6.07, 6.45) is 0.125. The zero-order valence-electron chi connectivity index (χ0n) is 21.3. The fourth-order valence-corrected chi connectivity index (χ4v) is 5.19. The third-order valence-electron chi connectivity index (χ3n) is 6.98. The zero-order chi connectivity index (χ0) is 27.5. The molecule has 38 heavy (non-hydrogen) atoms. The molecule has 9 nitrogen and oxygen atoms in total. The summed E-state index contributed by atoms with van der Waals surface area (Å²) >= 11 is 0. The number of nitrogens with two attached hydrogens (primary N) is 1. The van der Waals surface area contributed by atoms with Gasteiger partial charge in [0.1, 0.15) is 28.7 Å². The molecular weight excluding hydrogens is 499 g/mol. The van der Waals surface area contributed by atoms with Gasteiger partial charge >= 0.3 is 12.3 Å². The molecule has 2 aliphatic rings. The van der Waals surface area contributed by atoms with Crippen molar-refractivity contribution in [3.05, 3.63) is 53.3 Å². The van der Waals surface area contributed by atoms with Crippen molar-refractivity contribution in [1.82, 2.24) is 24.5 Å². The zero-order valence-corrected chi connectivity index (χ0v) is 21.3. The van der Waals surface area contributed by atoms with Crippen molar-refractivity contribution < 1.29 is 22.7 Å². The highest BCUT2D eigenvalue weighted by Crippen LogP contribution is 2.55. The minimum absolute atomic E-state index is 0.0128. The number of likely N-dealkylation sites (tertiary alicyclic amines) is 1. The van der Waals surface area contributed by atoms with E-state index in [0.29, 0.717) is 29.9 Å². The maximum absolute atomic E-state index is 12.8. The van der Waals surface area contributed by atoms with Crippen LogP contribution in [0.4, 0.5) is 23.8 Å². The van der Waals surface area contributed by atoms with Crippen molar-refractivity contribution in [3.8, 4) is 17.3 Å². The van der Waals surface area contributed by atoms with Gasteiger partial charge in [-0.1, -0.05) is 12.1 Å². The second-order valence-electron chi connectivity index (χ2n) is 11.2. The molecule has 1 aromatic carbocycles. The van der Waals surface area contributed by atoms with E-state index in [-0.39, 0.29) is 35.5 Å². The number of halogens is 3. The molecule has 0 unspecified atom stereocenters. The maximum Gasteiger partial charge on any atom is 0.416 e. The highest BCUT2D eigenvalue weighted by Gasteiger charge is 2.55. The van der Waals surface area contributed by atoms with Gasteiger partial charge in [0.25, 0.3) is 0 Å². The summed E-state index contributed by atoms with van der Waals surface area (Å²) in [6.45, 7) is 7.01. The van der Waals surface area contributed by atoms with Crippen LogP contribution in [0.3, 0.4) is 0 Å². The largest absolute Gasteiger partial charge is 0.444 e. The van der Waals surface area contributed by atoms with Crippen molar-refractivity contribution in [2.45, 2.75) is 58.0 Å². The Morgan fingerprint density at radius 3 is 2.45 bits per heavy atom. The van der Waals surface area contributed by atoms with Crippen LogP contribution in [-0.2, 0) is 17.5 Å². The minimum Gasteiger partial charge on any atom is -0.444 e. The van der Waals surface area contributed by atoms with E-state index in [4.69, 9.17) is 10.5 Å². The molecule has 2 fully saturated rings. The van der Waals surface area contributed by atoms with E-state index >= 15 is 0 Å². The lowest BCUT2D eigenvalue weighted by molar-refractivity contribution is -0.137. The Hall–Kier alpha value is -4.01. The van der Waals surface area contributed by atoms with Crippen LogP contribution in [0.2, 0.25) is 0 Å². The highest BCUT2D eigenvalue weighted by molar-refractivity contribution is 5.72. The van der Waals surface area contributed by atoms with Gasteiger partial charge in [-0.15, -0.1) is 0 Å². The van der Waals surface area contributed by atoms with Crippen molar-refractivity contribution in [2.24, 2.45) is 5.41 Å². The van der Waals surface area contributed by atoms with Crippen LogP contribution in [-0.4, -0.2) is 49.2 Å². The number of alkyl halides is 3. The number of carbonyl (C=O) groups is 1. The molecule has 1 saturated heterocycles. The lowest BCUT2D eigenvalue weighted by Crippen LogP contribution is -2.64. The first kappa shape index (κ1) is 25.6. The number of amides is 1. The summed E-state index contributed by atoms with van der Waals surface area (Å²) in [5.74, 6) is 0.279. The summed E-state index contributed by atoms with van der Waals surface area (Å²) in [7, 11) is 0. The van der Waals surface area contributed by atoms with Gasteiger partial charge in [0, 0.05) is 30.3 Å². The van der Waals surface area contributed by atoms with Gasteiger partial charge in [-0.3, -0.25) is 4.68 Å². The number of ether oxygens (including phenoxy) is 1. The molecule has 200 valence electrons. The Morgan fingerprint density at radius 1 is 1.21 bits per heavy atom. The van der Waals surface area contributed by atoms with Gasteiger partial charge in [-0.05, 0) is 51.3 Å². The first-order valence-electron chi connectivity index (χ1n) is 12.2. The lowest BCUT2D eigenvalue weighted by Gasteiger charge is -2.58. The second kappa shape index (κ2) is 8.79. The first-order chi connectivity index (χ1) is 17.8. The van der Waals surface area contributed by atoms with E-state index in [9.17, 15) is 23.2 Å². The number of nitrogen functional groups attached to an aromatic ring is 1. The quantitative estimate of drug-likeness (QED) is 0.519. The normalized spacial score (nSPS) is 17.1. The standard InChI is InChI=1S/C26H28F3N7O2/c1-24(2,3)38-23(37)34-14-25(15-34)8-19(9-25)36-22(31)20(10-30)21(33-36)17-11-32-35(13-17)12-16-4-6-18(7-5-16)26(27,28)29/h4-7,11,13,19H,8-9,12,14-15,31H2,1-3H3. The number of hydrogen-bond acceptors (Lipinski definition) is 6. The van der Waals surface area contributed by atoms with E-state index < -0.39 is 17.3 Å². The molecule has 0 atom stereocenters. The van der Waals surface area contributed by atoms with Gasteiger partial charge in [0.2, 0.25) is 0 Å². The van der Waals surface area contributed by atoms with Crippen LogP contribution in [0, 0.1) is 16.7 Å². The van der Waals surface area contributed by atoms with Crippen LogP contribution in [0.25, 0.3) is 11.3 Å². The molecule has 3 aromatic rings. The van der Waals surface area contributed by atoms with Gasteiger partial charge < -0.3 is 15.4 Å². The first-order valence-corrected chi connectivity index (χ1v) is 12.2. The van der Waals surface area contributed by atoms with E-state index in [1.165, 1.54) is 12.1 Å². The number of anilines is 1. The molecule has 1 aliphatic heterocycles. The number of carbonyl (C=O) groups excluding carboxylic acids is 1. The maximum atomic E-state index is 12.8. The molecule has 0 radical (unpaired) electrons. The van der Waals surface area contributed by atoms with E-state index in [1.807, 2.05) is 20.8 Å². The van der Waals surface area contributed by atoms with Crippen LogP contribution in [0.1, 0.15) is 56.3 Å². The van der Waals surface area contributed by atoms with Gasteiger partial charge in [-0.25, -0.2) is 9.48 Å². The number of rotatable bonds is 4. The summed E-state index contributed by atoms with van der Waals surface area (Å²) in [5, 5.41) is 18.7. The fourth-order valence-electron chi connectivity index (χ4n) is 5.19. The number of nitrogens with zero attached hydrogens (tertiary/aromatic N) is 6. The van der Waals surface area contributed by atoms with Crippen LogP contribution < -0.4 is 5.73 Å². The number of benzene rings is 1. The second-order valence-corrected chi connectivity index (χ2v) is 11.2. The molecule has 3 heterocycles. The Labute approximate surface area is 217 Å². The predicted octanol–water partition coefficient (Wildman–Crippen LogP) is 4.84. The smallest absolute Gasteiger partial charge is 0.416 e.